The van der Waals surface area contributed by atoms with Gasteiger partial charge in [0.15, 0.2) is 11.5 Å². The van der Waals surface area contributed by atoms with Crippen molar-refractivity contribution in [2.75, 3.05) is 33.9 Å². The lowest BCUT2D eigenvalue weighted by Gasteiger charge is -2.35. The zero-order chi connectivity index (χ0) is 18.4. The van der Waals surface area contributed by atoms with Gasteiger partial charge in [0.25, 0.3) is 5.91 Å². The molecule has 2 aliphatic rings. The number of rotatable bonds is 6. The number of hydrogen-bond donors (Lipinski definition) is 1. The third-order valence-corrected chi connectivity index (χ3v) is 5.81. The van der Waals surface area contributed by atoms with Crippen LogP contribution in [-0.4, -0.2) is 50.7 Å². The number of methoxy groups -OCH3 is 2. The summed E-state index contributed by atoms with van der Waals surface area (Å²) in [5.74, 6) is 1.90. The van der Waals surface area contributed by atoms with Crippen molar-refractivity contribution in [2.45, 2.75) is 51.0 Å². The molecule has 2 fully saturated rings. The maximum Gasteiger partial charge on any atom is 0.255 e. The lowest BCUT2D eigenvalue weighted by molar-refractivity contribution is 0.0898. The van der Waals surface area contributed by atoms with Crippen molar-refractivity contribution in [1.82, 2.24) is 10.2 Å². The number of nitrogens with one attached hydrogen (secondary N) is 1. The van der Waals surface area contributed by atoms with Gasteiger partial charge in [-0.15, -0.1) is 0 Å². The molecule has 1 aromatic carbocycles. The van der Waals surface area contributed by atoms with Crippen molar-refractivity contribution in [3.8, 4) is 11.5 Å². The van der Waals surface area contributed by atoms with E-state index in [0.717, 1.165) is 31.8 Å². The molecule has 1 heterocycles. The van der Waals surface area contributed by atoms with E-state index in [1.165, 1.54) is 38.6 Å². The van der Waals surface area contributed by atoms with E-state index in [4.69, 9.17) is 9.47 Å². The van der Waals surface area contributed by atoms with Crippen molar-refractivity contribution in [1.29, 1.82) is 0 Å². The molecule has 0 aromatic heterocycles. The second-order valence-electron chi connectivity index (χ2n) is 7.59. The third kappa shape index (κ3) is 4.70. The van der Waals surface area contributed by atoms with Crippen LogP contribution in [0.2, 0.25) is 0 Å². The third-order valence-electron chi connectivity index (χ3n) is 5.81. The van der Waals surface area contributed by atoms with Gasteiger partial charge in [0.1, 0.15) is 0 Å². The van der Waals surface area contributed by atoms with Crippen LogP contribution in [0, 0.1) is 5.92 Å². The molecule has 1 aromatic rings. The molecular weight excluding hydrogens is 328 g/mol. The lowest BCUT2D eigenvalue weighted by atomic mass is 9.88. The van der Waals surface area contributed by atoms with Gasteiger partial charge < -0.3 is 19.7 Å². The Morgan fingerprint density at radius 1 is 1.08 bits per heavy atom. The second-order valence-corrected chi connectivity index (χ2v) is 7.59. The largest absolute Gasteiger partial charge is 0.493 e. The highest BCUT2D eigenvalue weighted by Gasteiger charge is 2.25. The first-order valence-electron chi connectivity index (χ1n) is 9.95. The molecule has 1 aliphatic carbocycles. The second kappa shape index (κ2) is 9.26. The fourth-order valence-corrected chi connectivity index (χ4v) is 4.32. The van der Waals surface area contributed by atoms with Crippen molar-refractivity contribution in [3.05, 3.63) is 23.8 Å². The van der Waals surface area contributed by atoms with E-state index in [9.17, 15) is 4.79 Å². The zero-order valence-corrected chi connectivity index (χ0v) is 16.1. The predicted molar refractivity (Wildman–Crippen MR) is 103 cm³/mol. The number of nitrogens with zero attached hydrogens (tertiary/aromatic N) is 1. The van der Waals surface area contributed by atoms with Gasteiger partial charge in [0.05, 0.1) is 19.8 Å². The van der Waals surface area contributed by atoms with E-state index in [-0.39, 0.29) is 11.9 Å². The summed E-state index contributed by atoms with van der Waals surface area (Å²) in [6.45, 7) is 3.40. The lowest BCUT2D eigenvalue weighted by Crippen LogP contribution is -2.46. The monoisotopic (exact) mass is 360 g/mol. The molecule has 1 N–H and O–H groups in total. The maximum atomic E-state index is 12.7. The molecule has 5 nitrogen and oxygen atoms in total. The topological polar surface area (TPSA) is 50.8 Å². The van der Waals surface area contributed by atoms with Crippen LogP contribution >= 0.6 is 0 Å². The molecule has 3 rings (SSSR count). The van der Waals surface area contributed by atoms with Gasteiger partial charge in [-0.3, -0.25) is 4.79 Å². The van der Waals surface area contributed by atoms with Gasteiger partial charge in [0.2, 0.25) is 0 Å². The normalized spacial score (nSPS) is 19.9. The molecule has 26 heavy (non-hydrogen) atoms. The van der Waals surface area contributed by atoms with Crippen LogP contribution in [0.4, 0.5) is 0 Å². The smallest absolute Gasteiger partial charge is 0.255 e. The molecule has 0 unspecified atom stereocenters. The van der Waals surface area contributed by atoms with Gasteiger partial charge in [-0.1, -0.05) is 25.3 Å². The van der Waals surface area contributed by atoms with Crippen molar-refractivity contribution in [2.24, 2.45) is 5.92 Å². The van der Waals surface area contributed by atoms with Crippen LogP contribution in [0.5, 0.6) is 11.5 Å². The number of benzene rings is 1. The molecule has 0 spiro atoms. The summed E-state index contributed by atoms with van der Waals surface area (Å²) in [5, 5.41) is 3.18. The number of carbonyl (C=O) groups is 1. The van der Waals surface area contributed by atoms with Crippen molar-refractivity contribution in [3.63, 3.8) is 0 Å². The van der Waals surface area contributed by atoms with E-state index in [1.54, 1.807) is 26.4 Å². The van der Waals surface area contributed by atoms with Crippen LogP contribution in [-0.2, 0) is 0 Å². The first-order chi connectivity index (χ1) is 12.7. The summed E-state index contributed by atoms with van der Waals surface area (Å²) < 4.78 is 10.7. The minimum absolute atomic E-state index is 0.0773. The van der Waals surface area contributed by atoms with E-state index in [0.29, 0.717) is 17.1 Å². The Bertz CT molecular complexity index is 591. The minimum atomic E-state index is -0.0773. The molecule has 0 radical (unpaired) electrons. The van der Waals surface area contributed by atoms with Crippen molar-refractivity contribution < 1.29 is 14.3 Å². The summed E-state index contributed by atoms with van der Waals surface area (Å²) >= 11 is 0. The Morgan fingerprint density at radius 2 is 1.81 bits per heavy atom. The highest BCUT2D eigenvalue weighted by Crippen LogP contribution is 2.31. The molecule has 5 heteroatoms. The predicted octanol–water partition coefficient (Wildman–Crippen LogP) is 3.48. The van der Waals surface area contributed by atoms with Gasteiger partial charge in [-0.05, 0) is 43.7 Å². The highest BCUT2D eigenvalue weighted by atomic mass is 16.5. The molecule has 0 atom stereocenters. The summed E-state index contributed by atoms with van der Waals surface area (Å²) in [4.78, 5) is 15.3. The number of likely N-dealkylation sites (tertiary alicyclic amines) is 1. The Hall–Kier alpha value is -1.75. The maximum absolute atomic E-state index is 12.7. The van der Waals surface area contributed by atoms with E-state index in [1.807, 2.05) is 6.07 Å². The Labute approximate surface area is 157 Å². The minimum Gasteiger partial charge on any atom is -0.493 e. The van der Waals surface area contributed by atoms with Gasteiger partial charge >= 0.3 is 0 Å². The summed E-state index contributed by atoms with van der Waals surface area (Å²) in [5.41, 5.74) is 0.538. The molecule has 1 saturated carbocycles. The molecule has 1 saturated heterocycles. The van der Waals surface area contributed by atoms with E-state index >= 15 is 0 Å². The zero-order valence-electron chi connectivity index (χ0n) is 16.1. The number of ether oxygens (including phenoxy) is 2. The number of carbonyl (C=O) groups excluding carboxylic acids is 1. The fourth-order valence-electron chi connectivity index (χ4n) is 4.32. The first-order valence-corrected chi connectivity index (χ1v) is 9.95. The number of amides is 1. The highest BCUT2D eigenvalue weighted by molar-refractivity contribution is 5.98. The average molecular weight is 360 g/mol. The first kappa shape index (κ1) is 19.0. The van der Waals surface area contributed by atoms with Crippen LogP contribution in [0.25, 0.3) is 0 Å². The van der Waals surface area contributed by atoms with Gasteiger partial charge in [0, 0.05) is 25.7 Å². The quantitative estimate of drug-likeness (QED) is 0.844. The molecular formula is C21H32N2O3. The average Bonchev–Trinajstić information content (AvgIpc) is 2.69. The SMILES string of the molecule is COc1cccc(C(=O)NC2CCN(CC3CCCCC3)CC2)c1OC. The molecule has 144 valence electrons. The van der Waals surface area contributed by atoms with E-state index in [2.05, 4.69) is 10.2 Å². The van der Waals surface area contributed by atoms with Crippen LogP contribution in [0.15, 0.2) is 18.2 Å². The number of para-hydroxylation sites is 1. The Balaban J connectivity index is 1.50. The Morgan fingerprint density at radius 3 is 2.46 bits per heavy atom. The standard InChI is InChI=1S/C21H32N2O3/c1-25-19-10-6-9-18(20(19)26-2)21(24)22-17-11-13-23(14-12-17)15-16-7-4-3-5-8-16/h6,9-10,16-17H,3-5,7-8,11-15H2,1-2H3,(H,22,24). The van der Waals surface area contributed by atoms with Crippen LogP contribution < -0.4 is 14.8 Å². The van der Waals surface area contributed by atoms with Gasteiger partial charge in [-0.25, -0.2) is 0 Å². The van der Waals surface area contributed by atoms with E-state index < -0.39 is 0 Å². The number of piperidine rings is 1. The molecule has 1 aliphatic heterocycles. The summed E-state index contributed by atoms with van der Waals surface area (Å²) in [7, 11) is 3.15. The van der Waals surface area contributed by atoms with Crippen LogP contribution in [0.3, 0.4) is 0 Å². The molecule has 0 bridgehead atoms. The van der Waals surface area contributed by atoms with Gasteiger partial charge in [-0.2, -0.15) is 0 Å². The Kier molecular flexibility index (Phi) is 6.78. The summed E-state index contributed by atoms with van der Waals surface area (Å²) in [6, 6.07) is 5.65. The van der Waals surface area contributed by atoms with Crippen LogP contribution in [0.1, 0.15) is 55.3 Å². The molecule has 1 amide bonds. The number of hydrogen-bond acceptors (Lipinski definition) is 4. The summed E-state index contributed by atoms with van der Waals surface area (Å²) in [6.07, 6.45) is 9.05. The fraction of sp³-hybridized carbons (Fsp3) is 0.667. The van der Waals surface area contributed by atoms with Crippen molar-refractivity contribution >= 4 is 5.91 Å².